The highest BCUT2D eigenvalue weighted by molar-refractivity contribution is 5.69. The van der Waals surface area contributed by atoms with E-state index in [-0.39, 0.29) is 18.2 Å². The number of amides is 1. The monoisotopic (exact) mass is 240 g/mol. The quantitative estimate of drug-likeness (QED) is 0.706. The van der Waals surface area contributed by atoms with E-state index >= 15 is 0 Å². The van der Waals surface area contributed by atoms with Gasteiger partial charge in [0.2, 0.25) is 0 Å². The lowest BCUT2D eigenvalue weighted by atomic mass is 9.97. The predicted molar refractivity (Wildman–Crippen MR) is 66.7 cm³/mol. The van der Waals surface area contributed by atoms with Gasteiger partial charge in [0.1, 0.15) is 5.60 Å². The molecule has 17 heavy (non-hydrogen) atoms. The zero-order valence-electron chi connectivity index (χ0n) is 11.1. The maximum absolute atomic E-state index is 12.2. The van der Waals surface area contributed by atoms with Crippen molar-refractivity contribution in [1.29, 1.82) is 0 Å². The van der Waals surface area contributed by atoms with E-state index in [0.29, 0.717) is 6.04 Å². The molecule has 2 bridgehead atoms. The lowest BCUT2D eigenvalue weighted by Crippen LogP contribution is -2.49. The van der Waals surface area contributed by atoms with Gasteiger partial charge in [0, 0.05) is 12.1 Å². The molecular weight excluding hydrogens is 216 g/mol. The molecule has 2 aliphatic rings. The summed E-state index contributed by atoms with van der Waals surface area (Å²) in [5, 5.41) is 0. The molecule has 3 unspecified atom stereocenters. The van der Waals surface area contributed by atoms with Gasteiger partial charge in [-0.1, -0.05) is 0 Å². The summed E-state index contributed by atoms with van der Waals surface area (Å²) in [7, 11) is 0. The van der Waals surface area contributed by atoms with E-state index in [4.69, 9.17) is 10.5 Å². The van der Waals surface area contributed by atoms with Crippen molar-refractivity contribution in [3.8, 4) is 0 Å². The third-order valence-corrected chi connectivity index (χ3v) is 3.72. The highest BCUT2D eigenvalue weighted by Gasteiger charge is 2.43. The first-order chi connectivity index (χ1) is 7.88. The first kappa shape index (κ1) is 12.7. The molecule has 2 saturated heterocycles. The summed E-state index contributed by atoms with van der Waals surface area (Å²) in [4.78, 5) is 14.1. The normalized spacial score (nSPS) is 33.4. The second-order valence-corrected chi connectivity index (χ2v) is 6.28. The van der Waals surface area contributed by atoms with E-state index < -0.39 is 5.60 Å². The van der Waals surface area contributed by atoms with E-state index in [1.807, 2.05) is 25.7 Å². The molecule has 98 valence electrons. The number of rotatable bonds is 0. The van der Waals surface area contributed by atoms with Crippen molar-refractivity contribution in [1.82, 2.24) is 4.90 Å². The molecule has 3 atom stereocenters. The Labute approximate surface area is 103 Å². The smallest absolute Gasteiger partial charge is 0.410 e. The Kier molecular flexibility index (Phi) is 3.34. The van der Waals surface area contributed by atoms with E-state index in [2.05, 4.69) is 0 Å². The van der Waals surface area contributed by atoms with Gasteiger partial charge in [-0.15, -0.1) is 0 Å². The Balaban J connectivity index is 2.11. The predicted octanol–water partition coefficient (Wildman–Crippen LogP) is 2.27. The van der Waals surface area contributed by atoms with Gasteiger partial charge in [0.15, 0.2) is 0 Å². The van der Waals surface area contributed by atoms with Gasteiger partial charge in [-0.05, 0) is 52.9 Å². The Bertz CT molecular complexity index is 298. The Hall–Kier alpha value is -0.770. The molecule has 0 aromatic carbocycles. The van der Waals surface area contributed by atoms with Crippen LogP contribution in [0, 0.1) is 0 Å². The molecule has 4 nitrogen and oxygen atoms in total. The van der Waals surface area contributed by atoms with Crippen LogP contribution in [0.4, 0.5) is 4.79 Å². The van der Waals surface area contributed by atoms with Crippen LogP contribution >= 0.6 is 0 Å². The van der Waals surface area contributed by atoms with Crippen molar-refractivity contribution < 1.29 is 9.53 Å². The van der Waals surface area contributed by atoms with Crippen LogP contribution < -0.4 is 5.73 Å². The lowest BCUT2D eigenvalue weighted by molar-refractivity contribution is 0.0139. The van der Waals surface area contributed by atoms with Gasteiger partial charge in [0.25, 0.3) is 0 Å². The molecule has 0 spiro atoms. The van der Waals surface area contributed by atoms with Gasteiger partial charge in [-0.25, -0.2) is 4.79 Å². The Morgan fingerprint density at radius 1 is 1.24 bits per heavy atom. The number of hydrogen-bond donors (Lipinski definition) is 1. The molecule has 0 aromatic heterocycles. The van der Waals surface area contributed by atoms with Crippen molar-refractivity contribution in [3.63, 3.8) is 0 Å². The summed E-state index contributed by atoms with van der Waals surface area (Å²) in [6.45, 7) is 5.72. The summed E-state index contributed by atoms with van der Waals surface area (Å²) in [5.41, 5.74) is 5.73. The maximum atomic E-state index is 12.2. The molecule has 2 aliphatic heterocycles. The standard InChI is InChI=1S/C13H24N2O2/c1-13(2,3)17-12(16)15-9-5-4-6-10(14)11(15)8-7-9/h9-11H,4-8,14H2,1-3H3. The van der Waals surface area contributed by atoms with E-state index in [1.54, 1.807) is 0 Å². The molecule has 2 rings (SSSR count). The van der Waals surface area contributed by atoms with Gasteiger partial charge in [0.05, 0.1) is 6.04 Å². The van der Waals surface area contributed by atoms with Crippen molar-refractivity contribution in [2.45, 2.75) is 76.6 Å². The average Bonchev–Trinajstić information content (AvgIpc) is 2.50. The van der Waals surface area contributed by atoms with Crippen LogP contribution in [0.2, 0.25) is 0 Å². The van der Waals surface area contributed by atoms with Crippen molar-refractivity contribution >= 4 is 6.09 Å². The second kappa shape index (κ2) is 4.48. The number of hydrogen-bond acceptors (Lipinski definition) is 3. The molecule has 1 amide bonds. The summed E-state index contributed by atoms with van der Waals surface area (Å²) < 4.78 is 5.49. The molecule has 0 aromatic rings. The number of ether oxygens (including phenoxy) is 1. The van der Waals surface area contributed by atoms with Crippen LogP contribution in [0.25, 0.3) is 0 Å². The first-order valence-corrected chi connectivity index (χ1v) is 6.65. The highest BCUT2D eigenvalue weighted by Crippen LogP contribution is 2.34. The number of fused-ring (bicyclic) bond motifs is 2. The van der Waals surface area contributed by atoms with Crippen LogP contribution in [-0.2, 0) is 4.74 Å². The zero-order valence-corrected chi connectivity index (χ0v) is 11.1. The highest BCUT2D eigenvalue weighted by atomic mass is 16.6. The fraction of sp³-hybridized carbons (Fsp3) is 0.923. The number of nitrogens with two attached hydrogens (primary N) is 1. The Morgan fingerprint density at radius 3 is 2.59 bits per heavy atom. The average molecular weight is 240 g/mol. The molecule has 0 radical (unpaired) electrons. The molecular formula is C13H24N2O2. The lowest BCUT2D eigenvalue weighted by Gasteiger charge is -2.32. The van der Waals surface area contributed by atoms with Crippen LogP contribution in [0.15, 0.2) is 0 Å². The third kappa shape index (κ3) is 2.73. The van der Waals surface area contributed by atoms with Crippen molar-refractivity contribution in [3.05, 3.63) is 0 Å². The van der Waals surface area contributed by atoms with Gasteiger partial charge in [-0.3, -0.25) is 0 Å². The second-order valence-electron chi connectivity index (χ2n) is 6.28. The SMILES string of the molecule is CC(C)(C)OC(=O)N1C2CCCC(N)C1CC2. The van der Waals surface area contributed by atoms with Crippen LogP contribution in [-0.4, -0.2) is 34.7 Å². The van der Waals surface area contributed by atoms with Gasteiger partial charge >= 0.3 is 6.09 Å². The Morgan fingerprint density at radius 2 is 1.94 bits per heavy atom. The summed E-state index contributed by atoms with van der Waals surface area (Å²) >= 11 is 0. The number of carbonyl (C=O) groups is 1. The molecule has 4 heteroatoms. The minimum absolute atomic E-state index is 0.120. The van der Waals surface area contributed by atoms with E-state index in [0.717, 1.165) is 32.1 Å². The fourth-order valence-corrected chi connectivity index (χ4v) is 3.00. The first-order valence-electron chi connectivity index (χ1n) is 6.65. The molecule has 2 heterocycles. The van der Waals surface area contributed by atoms with Crippen LogP contribution in [0.1, 0.15) is 52.9 Å². The van der Waals surface area contributed by atoms with Gasteiger partial charge < -0.3 is 15.4 Å². The molecule has 2 fully saturated rings. The molecule has 0 saturated carbocycles. The van der Waals surface area contributed by atoms with E-state index in [1.165, 1.54) is 0 Å². The molecule has 0 aliphatic carbocycles. The topological polar surface area (TPSA) is 55.6 Å². The minimum Gasteiger partial charge on any atom is -0.444 e. The van der Waals surface area contributed by atoms with Crippen LogP contribution in [0.5, 0.6) is 0 Å². The van der Waals surface area contributed by atoms with Crippen LogP contribution in [0.3, 0.4) is 0 Å². The zero-order chi connectivity index (χ0) is 12.6. The van der Waals surface area contributed by atoms with Gasteiger partial charge in [-0.2, -0.15) is 0 Å². The summed E-state index contributed by atoms with van der Waals surface area (Å²) in [6, 6.07) is 0.663. The van der Waals surface area contributed by atoms with Crippen molar-refractivity contribution in [2.75, 3.05) is 0 Å². The van der Waals surface area contributed by atoms with Crippen molar-refractivity contribution in [2.24, 2.45) is 5.73 Å². The fourth-order valence-electron chi connectivity index (χ4n) is 3.00. The largest absolute Gasteiger partial charge is 0.444 e. The van der Waals surface area contributed by atoms with E-state index in [9.17, 15) is 4.79 Å². The minimum atomic E-state index is -0.424. The maximum Gasteiger partial charge on any atom is 0.410 e. The third-order valence-electron chi connectivity index (χ3n) is 3.72. The summed E-state index contributed by atoms with van der Waals surface area (Å²) in [6.07, 6.45) is 5.16. The summed E-state index contributed by atoms with van der Waals surface area (Å²) in [5.74, 6) is 0. The molecule has 2 N–H and O–H groups in total. The number of carbonyl (C=O) groups excluding carboxylic acids is 1. The number of nitrogens with zero attached hydrogens (tertiary/aromatic N) is 1.